The lowest BCUT2D eigenvalue weighted by Crippen LogP contribution is -2.62. The Morgan fingerprint density at radius 1 is 1.19 bits per heavy atom. The summed E-state index contributed by atoms with van der Waals surface area (Å²) in [5, 5.41) is 9.81. The van der Waals surface area contributed by atoms with E-state index in [0.29, 0.717) is 11.9 Å². The standard InChI is InChI=1S/C20H32N4O2/c1-15-21-13-17(22(15)2)14-23-11-3-9-20(23)10-4-12-24(19(20)26)16-5-7-18(25)8-6-16/h13,16,18,25H,3-12,14H2,1-2H3. The van der Waals surface area contributed by atoms with Crippen molar-refractivity contribution in [3.05, 3.63) is 17.7 Å². The lowest BCUT2D eigenvalue weighted by Gasteiger charge is -2.48. The maximum Gasteiger partial charge on any atom is 0.243 e. The fourth-order valence-electron chi connectivity index (χ4n) is 5.32. The van der Waals surface area contributed by atoms with Crippen LogP contribution in [0.5, 0.6) is 0 Å². The monoisotopic (exact) mass is 360 g/mol. The predicted molar refractivity (Wildman–Crippen MR) is 99.5 cm³/mol. The van der Waals surface area contributed by atoms with Crippen molar-refractivity contribution in [3.8, 4) is 0 Å². The molecule has 1 aromatic heterocycles. The Bertz CT molecular complexity index is 665. The molecule has 0 bridgehead atoms. The second-order valence-electron chi connectivity index (χ2n) is 8.48. The number of aliphatic hydroxyl groups is 1. The average molecular weight is 361 g/mol. The summed E-state index contributed by atoms with van der Waals surface area (Å²) in [4.78, 5) is 22.6. The third kappa shape index (κ3) is 2.97. The topological polar surface area (TPSA) is 61.6 Å². The third-order valence-corrected chi connectivity index (χ3v) is 7.05. The van der Waals surface area contributed by atoms with Crippen LogP contribution < -0.4 is 0 Å². The van der Waals surface area contributed by atoms with E-state index in [4.69, 9.17) is 0 Å². The second-order valence-corrected chi connectivity index (χ2v) is 8.48. The molecule has 3 aliphatic rings. The Morgan fingerprint density at radius 2 is 1.88 bits per heavy atom. The first kappa shape index (κ1) is 18.0. The first-order valence-electron chi connectivity index (χ1n) is 10.2. The summed E-state index contributed by atoms with van der Waals surface area (Å²) in [5.41, 5.74) is 0.876. The molecule has 1 aromatic rings. The molecule has 2 aliphatic heterocycles. The Morgan fingerprint density at radius 3 is 2.54 bits per heavy atom. The predicted octanol–water partition coefficient (Wildman–Crippen LogP) is 1.99. The molecule has 2 saturated heterocycles. The largest absolute Gasteiger partial charge is 0.393 e. The zero-order chi connectivity index (χ0) is 18.3. The van der Waals surface area contributed by atoms with Gasteiger partial charge in [-0.25, -0.2) is 4.98 Å². The van der Waals surface area contributed by atoms with E-state index in [1.165, 1.54) is 5.69 Å². The van der Waals surface area contributed by atoms with Crippen LogP contribution in [0.15, 0.2) is 6.20 Å². The van der Waals surface area contributed by atoms with Crippen LogP contribution in [0.4, 0.5) is 0 Å². The van der Waals surface area contributed by atoms with Crippen LogP contribution in [0.1, 0.15) is 62.9 Å². The van der Waals surface area contributed by atoms with Gasteiger partial charge in [0.1, 0.15) is 11.4 Å². The fraction of sp³-hybridized carbons (Fsp3) is 0.800. The minimum atomic E-state index is -0.313. The van der Waals surface area contributed by atoms with Crippen molar-refractivity contribution in [2.24, 2.45) is 7.05 Å². The average Bonchev–Trinajstić information content (AvgIpc) is 3.18. The number of hydrogen-bond acceptors (Lipinski definition) is 4. The Balaban J connectivity index is 1.53. The van der Waals surface area contributed by atoms with Crippen LogP contribution in [0, 0.1) is 6.92 Å². The Labute approximate surface area is 156 Å². The molecule has 3 fully saturated rings. The highest BCUT2D eigenvalue weighted by molar-refractivity contribution is 5.87. The summed E-state index contributed by atoms with van der Waals surface area (Å²) in [5.74, 6) is 1.37. The molecule has 144 valence electrons. The molecular weight excluding hydrogens is 328 g/mol. The van der Waals surface area contributed by atoms with Gasteiger partial charge in [0.05, 0.1) is 11.8 Å². The molecule has 4 rings (SSSR count). The SMILES string of the molecule is Cc1ncc(CN2CCCC23CCCN(C2CCC(O)CC2)C3=O)n1C. The van der Waals surface area contributed by atoms with Crippen LogP contribution in [0.25, 0.3) is 0 Å². The fourth-order valence-corrected chi connectivity index (χ4v) is 5.32. The summed E-state index contributed by atoms with van der Waals surface area (Å²) in [6.07, 6.45) is 9.49. The number of piperidine rings is 1. The first-order valence-corrected chi connectivity index (χ1v) is 10.2. The molecule has 1 atom stereocenters. The van der Waals surface area contributed by atoms with Gasteiger partial charge in [-0.15, -0.1) is 0 Å². The van der Waals surface area contributed by atoms with Gasteiger partial charge in [-0.05, 0) is 64.8 Å². The highest BCUT2D eigenvalue weighted by Gasteiger charge is 2.52. The number of aliphatic hydroxyl groups excluding tert-OH is 1. The summed E-state index contributed by atoms with van der Waals surface area (Å²) < 4.78 is 2.14. The van der Waals surface area contributed by atoms with E-state index >= 15 is 0 Å². The van der Waals surface area contributed by atoms with E-state index in [2.05, 4.69) is 26.4 Å². The van der Waals surface area contributed by atoms with Gasteiger partial charge in [-0.1, -0.05) is 0 Å². The zero-order valence-corrected chi connectivity index (χ0v) is 16.2. The summed E-state index contributed by atoms with van der Waals surface area (Å²) in [6, 6.07) is 0.324. The van der Waals surface area contributed by atoms with Gasteiger partial charge in [0.15, 0.2) is 0 Å². The molecule has 1 aliphatic carbocycles. The molecule has 6 heteroatoms. The number of amides is 1. The quantitative estimate of drug-likeness (QED) is 0.895. The van der Waals surface area contributed by atoms with Crippen molar-refractivity contribution in [2.45, 2.75) is 82.5 Å². The maximum atomic E-state index is 13.6. The molecule has 1 amide bonds. The van der Waals surface area contributed by atoms with E-state index < -0.39 is 0 Å². The molecule has 0 aromatic carbocycles. The summed E-state index contributed by atoms with van der Waals surface area (Å²) in [6.45, 7) is 4.71. The number of aromatic nitrogens is 2. The van der Waals surface area contributed by atoms with Crippen LogP contribution in [-0.2, 0) is 18.4 Å². The van der Waals surface area contributed by atoms with Crippen LogP contribution in [0.2, 0.25) is 0 Å². The lowest BCUT2D eigenvalue weighted by atomic mass is 9.82. The molecule has 1 spiro atoms. The number of carbonyl (C=O) groups excluding carboxylic acids is 1. The van der Waals surface area contributed by atoms with Gasteiger partial charge >= 0.3 is 0 Å². The molecular formula is C20H32N4O2. The normalized spacial score (nSPS) is 33.3. The van der Waals surface area contributed by atoms with Crippen molar-refractivity contribution >= 4 is 5.91 Å². The van der Waals surface area contributed by atoms with Crippen LogP contribution in [0.3, 0.4) is 0 Å². The summed E-state index contributed by atoms with van der Waals surface area (Å²) in [7, 11) is 2.06. The molecule has 1 unspecified atom stereocenters. The van der Waals surface area contributed by atoms with Gasteiger partial charge in [-0.2, -0.15) is 0 Å². The molecule has 1 N–H and O–H groups in total. The lowest BCUT2D eigenvalue weighted by molar-refractivity contribution is -0.152. The molecule has 1 saturated carbocycles. The maximum absolute atomic E-state index is 13.6. The second kappa shape index (κ2) is 6.97. The molecule has 3 heterocycles. The van der Waals surface area contributed by atoms with Crippen molar-refractivity contribution in [2.75, 3.05) is 13.1 Å². The summed E-state index contributed by atoms with van der Waals surface area (Å²) >= 11 is 0. The van der Waals surface area contributed by atoms with E-state index in [-0.39, 0.29) is 11.6 Å². The minimum Gasteiger partial charge on any atom is -0.393 e. The number of carbonyl (C=O) groups is 1. The molecule has 26 heavy (non-hydrogen) atoms. The third-order valence-electron chi connectivity index (χ3n) is 7.05. The van der Waals surface area contributed by atoms with Crippen molar-refractivity contribution in [3.63, 3.8) is 0 Å². The van der Waals surface area contributed by atoms with Gasteiger partial charge in [-0.3, -0.25) is 9.69 Å². The smallest absolute Gasteiger partial charge is 0.243 e. The van der Waals surface area contributed by atoms with Crippen molar-refractivity contribution in [1.29, 1.82) is 0 Å². The van der Waals surface area contributed by atoms with Crippen LogP contribution >= 0.6 is 0 Å². The number of hydrogen-bond donors (Lipinski definition) is 1. The van der Waals surface area contributed by atoms with Crippen LogP contribution in [-0.4, -0.2) is 61.1 Å². The first-order chi connectivity index (χ1) is 12.5. The molecule has 6 nitrogen and oxygen atoms in total. The molecule has 0 radical (unpaired) electrons. The number of imidazole rings is 1. The zero-order valence-electron chi connectivity index (χ0n) is 16.2. The van der Waals surface area contributed by atoms with E-state index in [9.17, 15) is 9.90 Å². The highest BCUT2D eigenvalue weighted by Crippen LogP contribution is 2.41. The van der Waals surface area contributed by atoms with Crippen molar-refractivity contribution in [1.82, 2.24) is 19.4 Å². The number of aryl methyl sites for hydroxylation is 1. The minimum absolute atomic E-state index is 0.170. The van der Waals surface area contributed by atoms with Crippen molar-refractivity contribution < 1.29 is 9.90 Å². The van der Waals surface area contributed by atoms with E-state index in [0.717, 1.165) is 76.8 Å². The van der Waals surface area contributed by atoms with Gasteiger partial charge in [0.2, 0.25) is 5.91 Å². The van der Waals surface area contributed by atoms with E-state index in [1.54, 1.807) is 0 Å². The highest BCUT2D eigenvalue weighted by atomic mass is 16.3. The number of nitrogens with zero attached hydrogens (tertiary/aromatic N) is 4. The van der Waals surface area contributed by atoms with Gasteiger partial charge in [0.25, 0.3) is 0 Å². The van der Waals surface area contributed by atoms with Gasteiger partial charge < -0.3 is 14.6 Å². The number of rotatable bonds is 3. The Hall–Kier alpha value is -1.40. The number of likely N-dealkylation sites (tertiary alicyclic amines) is 2. The Kier molecular flexibility index (Phi) is 4.82. The van der Waals surface area contributed by atoms with E-state index in [1.807, 2.05) is 13.1 Å². The van der Waals surface area contributed by atoms with Gasteiger partial charge in [0, 0.05) is 32.4 Å².